The Morgan fingerprint density at radius 1 is 1.14 bits per heavy atom. The molecule has 0 spiro atoms. The first-order valence-corrected chi connectivity index (χ1v) is 7.27. The quantitative estimate of drug-likeness (QED) is 0.469. The first-order chi connectivity index (χ1) is 10.2. The molecule has 1 heterocycles. The van der Waals surface area contributed by atoms with Gasteiger partial charge in [0.2, 0.25) is 0 Å². The molecular formula is C18H15ClO2. The Balaban J connectivity index is 1.94. The molecule has 3 heteroatoms. The summed E-state index contributed by atoms with van der Waals surface area (Å²) in [4.78, 5) is 12.5. The molecule has 0 bridgehead atoms. The molecule has 0 aromatic heterocycles. The van der Waals surface area contributed by atoms with Crippen LogP contribution in [-0.4, -0.2) is 18.5 Å². The lowest BCUT2D eigenvalue weighted by atomic mass is 9.96. The molecule has 1 saturated heterocycles. The van der Waals surface area contributed by atoms with Crippen molar-refractivity contribution in [2.24, 2.45) is 0 Å². The number of ketones is 1. The summed E-state index contributed by atoms with van der Waals surface area (Å²) in [6.07, 6.45) is 2.44. The van der Waals surface area contributed by atoms with Gasteiger partial charge in [-0.2, -0.15) is 0 Å². The average Bonchev–Trinajstić information content (AvgIpc) is 3.31. The number of Topliss-reactive ketones (excluding diaryl/α,β-unsaturated/α-hetero) is 1. The molecule has 1 fully saturated rings. The first-order valence-electron chi connectivity index (χ1n) is 6.90. The Kier molecular flexibility index (Phi) is 4.18. The van der Waals surface area contributed by atoms with Gasteiger partial charge in [0, 0.05) is 17.0 Å². The zero-order valence-corrected chi connectivity index (χ0v) is 12.2. The van der Waals surface area contributed by atoms with E-state index >= 15 is 0 Å². The zero-order chi connectivity index (χ0) is 14.7. The van der Waals surface area contributed by atoms with Gasteiger partial charge in [-0.05, 0) is 29.3 Å². The van der Waals surface area contributed by atoms with Gasteiger partial charge in [-0.1, -0.05) is 54.1 Å². The fraction of sp³-hybridized carbons (Fsp3) is 0.167. The maximum absolute atomic E-state index is 12.5. The summed E-state index contributed by atoms with van der Waals surface area (Å²) in [5.41, 5.74) is 2.61. The Bertz CT molecular complexity index is 655. The Hall–Kier alpha value is -1.90. The van der Waals surface area contributed by atoms with Crippen LogP contribution in [0.2, 0.25) is 5.02 Å². The van der Waals surface area contributed by atoms with Crippen molar-refractivity contribution in [1.82, 2.24) is 0 Å². The molecule has 0 amide bonds. The van der Waals surface area contributed by atoms with Crippen molar-refractivity contribution in [3.05, 3.63) is 70.7 Å². The van der Waals surface area contributed by atoms with Gasteiger partial charge in [-0.15, -0.1) is 0 Å². The minimum atomic E-state index is 0.0924. The molecule has 106 valence electrons. The van der Waals surface area contributed by atoms with Crippen molar-refractivity contribution >= 4 is 29.0 Å². The number of ether oxygens (including phenoxy) is 1. The first kappa shape index (κ1) is 14.1. The van der Waals surface area contributed by atoms with Crippen LogP contribution in [0.5, 0.6) is 0 Å². The van der Waals surface area contributed by atoms with Crippen molar-refractivity contribution in [3.63, 3.8) is 0 Å². The van der Waals surface area contributed by atoms with Gasteiger partial charge in [-0.25, -0.2) is 0 Å². The summed E-state index contributed by atoms with van der Waals surface area (Å²) in [6, 6.07) is 17.2. The molecule has 0 N–H and O–H groups in total. The van der Waals surface area contributed by atoms with E-state index in [9.17, 15) is 4.79 Å². The third-order valence-corrected chi connectivity index (χ3v) is 3.63. The second-order valence-corrected chi connectivity index (χ2v) is 5.49. The molecule has 2 aromatic carbocycles. The zero-order valence-electron chi connectivity index (χ0n) is 11.5. The molecule has 1 atom stereocenters. The number of allylic oxidation sites excluding steroid dienone is 1. The van der Waals surface area contributed by atoms with Gasteiger partial charge in [0.25, 0.3) is 0 Å². The van der Waals surface area contributed by atoms with E-state index in [2.05, 4.69) is 0 Å². The highest BCUT2D eigenvalue weighted by atomic mass is 35.5. The minimum Gasteiger partial charge on any atom is -0.373 e. The van der Waals surface area contributed by atoms with Gasteiger partial charge in [0.1, 0.15) is 0 Å². The van der Waals surface area contributed by atoms with Gasteiger partial charge < -0.3 is 4.74 Å². The molecule has 0 aliphatic carbocycles. The van der Waals surface area contributed by atoms with Crippen molar-refractivity contribution in [1.29, 1.82) is 0 Å². The van der Waals surface area contributed by atoms with Crippen LogP contribution in [0.4, 0.5) is 0 Å². The summed E-state index contributed by atoms with van der Waals surface area (Å²) in [6.45, 7) is 0.689. The summed E-state index contributed by atoms with van der Waals surface area (Å²) >= 11 is 5.90. The van der Waals surface area contributed by atoms with Crippen molar-refractivity contribution < 1.29 is 9.53 Å². The van der Waals surface area contributed by atoms with Gasteiger partial charge in [-0.3, -0.25) is 4.79 Å². The van der Waals surface area contributed by atoms with E-state index < -0.39 is 0 Å². The van der Waals surface area contributed by atoms with E-state index in [1.54, 1.807) is 0 Å². The number of hydrogen-bond donors (Lipinski definition) is 0. The predicted octanol–water partition coefficient (Wildman–Crippen LogP) is 4.24. The summed E-state index contributed by atoms with van der Waals surface area (Å²) in [7, 11) is 0. The van der Waals surface area contributed by atoms with Gasteiger partial charge >= 0.3 is 0 Å². The molecule has 21 heavy (non-hydrogen) atoms. The molecule has 1 aliphatic heterocycles. The number of hydrogen-bond acceptors (Lipinski definition) is 2. The normalized spacial score (nSPS) is 17.6. The average molecular weight is 299 g/mol. The monoisotopic (exact) mass is 298 g/mol. The van der Waals surface area contributed by atoms with Crippen molar-refractivity contribution in [2.75, 3.05) is 6.61 Å². The summed E-state index contributed by atoms with van der Waals surface area (Å²) in [5.74, 6) is 0.110. The van der Waals surface area contributed by atoms with Crippen LogP contribution in [0.25, 0.3) is 11.6 Å². The number of halogens is 1. The van der Waals surface area contributed by atoms with E-state index in [1.165, 1.54) is 0 Å². The number of benzene rings is 2. The van der Waals surface area contributed by atoms with Crippen LogP contribution in [0, 0.1) is 0 Å². The molecule has 0 radical (unpaired) electrons. The molecular weight excluding hydrogens is 284 g/mol. The molecule has 3 rings (SSSR count). The smallest absolute Gasteiger partial charge is 0.166 e. The van der Waals surface area contributed by atoms with Gasteiger partial charge in [0.05, 0.1) is 12.7 Å². The third-order valence-electron chi connectivity index (χ3n) is 3.38. The number of rotatable bonds is 5. The second kappa shape index (κ2) is 6.25. The highest BCUT2D eigenvalue weighted by Gasteiger charge is 2.27. The molecule has 0 saturated carbocycles. The van der Waals surface area contributed by atoms with Crippen molar-refractivity contribution in [3.8, 4) is 0 Å². The van der Waals surface area contributed by atoms with Crippen LogP contribution >= 0.6 is 11.6 Å². The van der Waals surface area contributed by atoms with E-state index in [0.29, 0.717) is 23.6 Å². The van der Waals surface area contributed by atoms with E-state index in [0.717, 1.165) is 11.1 Å². The highest BCUT2D eigenvalue weighted by Crippen LogP contribution is 2.25. The van der Waals surface area contributed by atoms with Crippen LogP contribution in [0.1, 0.15) is 17.5 Å². The molecule has 1 aliphatic rings. The van der Waals surface area contributed by atoms with E-state index in [1.807, 2.05) is 60.7 Å². The van der Waals surface area contributed by atoms with Crippen LogP contribution < -0.4 is 0 Å². The Labute approximate surface area is 129 Å². The molecule has 2 aromatic rings. The summed E-state index contributed by atoms with van der Waals surface area (Å²) in [5, 5.41) is 0.686. The van der Waals surface area contributed by atoms with Crippen LogP contribution in [0.3, 0.4) is 0 Å². The number of carbonyl (C=O) groups excluding carboxylic acids is 1. The lowest BCUT2D eigenvalue weighted by Crippen LogP contribution is -2.05. The van der Waals surface area contributed by atoms with E-state index in [4.69, 9.17) is 16.3 Å². The SMILES string of the molecule is O=C(CC1CO1)/C(=C/c1ccc(Cl)cc1)c1ccccc1. The largest absolute Gasteiger partial charge is 0.373 e. The van der Waals surface area contributed by atoms with Crippen LogP contribution in [0.15, 0.2) is 54.6 Å². The lowest BCUT2D eigenvalue weighted by Gasteiger charge is -2.07. The van der Waals surface area contributed by atoms with Crippen molar-refractivity contribution in [2.45, 2.75) is 12.5 Å². The lowest BCUT2D eigenvalue weighted by molar-refractivity contribution is -0.114. The van der Waals surface area contributed by atoms with Gasteiger partial charge in [0.15, 0.2) is 5.78 Å². The highest BCUT2D eigenvalue weighted by molar-refractivity contribution is 6.30. The fourth-order valence-corrected chi connectivity index (χ4v) is 2.30. The van der Waals surface area contributed by atoms with E-state index in [-0.39, 0.29) is 11.9 Å². The minimum absolute atomic E-state index is 0.0924. The maximum Gasteiger partial charge on any atom is 0.166 e. The predicted molar refractivity (Wildman–Crippen MR) is 85.1 cm³/mol. The fourth-order valence-electron chi connectivity index (χ4n) is 2.17. The number of carbonyl (C=O) groups is 1. The molecule has 2 nitrogen and oxygen atoms in total. The van der Waals surface area contributed by atoms with Crippen LogP contribution in [-0.2, 0) is 9.53 Å². The maximum atomic E-state index is 12.5. The number of epoxide rings is 1. The standard InChI is InChI=1S/C18H15ClO2/c19-15-8-6-13(7-9-15)10-17(14-4-2-1-3-5-14)18(20)11-16-12-21-16/h1-10,16H,11-12H2/b17-10+. The molecule has 1 unspecified atom stereocenters. The third kappa shape index (κ3) is 3.81. The Morgan fingerprint density at radius 3 is 2.43 bits per heavy atom. The topological polar surface area (TPSA) is 29.6 Å². The second-order valence-electron chi connectivity index (χ2n) is 5.06. The Morgan fingerprint density at radius 2 is 1.81 bits per heavy atom. The summed E-state index contributed by atoms with van der Waals surface area (Å²) < 4.78 is 5.17.